The predicted octanol–water partition coefficient (Wildman–Crippen LogP) is 5.23. The van der Waals surface area contributed by atoms with Crippen LogP contribution in [-0.2, 0) is 16.1 Å². The van der Waals surface area contributed by atoms with Gasteiger partial charge in [-0.2, -0.15) is 0 Å². The fraction of sp³-hybridized carbons (Fsp3) is 0.552. The Kier molecular flexibility index (Phi) is 5.89. The van der Waals surface area contributed by atoms with Gasteiger partial charge in [0.25, 0.3) is 0 Å². The number of hydrogen-bond donors (Lipinski definition) is 1. The van der Waals surface area contributed by atoms with Crippen molar-refractivity contribution in [2.24, 2.45) is 23.2 Å². The van der Waals surface area contributed by atoms with Gasteiger partial charge in [-0.25, -0.2) is 4.98 Å². The second kappa shape index (κ2) is 9.09. The van der Waals surface area contributed by atoms with Crippen LogP contribution in [0.5, 0.6) is 17.4 Å². The van der Waals surface area contributed by atoms with E-state index in [2.05, 4.69) is 17.2 Å². The smallest absolute Gasteiger partial charge is 0.243 e. The van der Waals surface area contributed by atoms with E-state index in [1.807, 2.05) is 24.3 Å². The van der Waals surface area contributed by atoms with Crippen LogP contribution >= 0.6 is 0 Å². The fourth-order valence-corrected chi connectivity index (χ4v) is 7.73. The number of anilines is 1. The number of methoxy groups -OCH3 is 1. The Hall–Kier alpha value is -3.09. The molecule has 7 rings (SSSR count). The maximum atomic E-state index is 13.4. The molecular formula is C29H35N3O4. The number of ether oxygens (including phenoxy) is 2. The average Bonchev–Trinajstić information content (AvgIpc) is 3.03. The van der Waals surface area contributed by atoms with E-state index < -0.39 is 0 Å². The number of nitrogens with one attached hydrogen (secondary N) is 1. The van der Waals surface area contributed by atoms with Crippen molar-refractivity contribution in [1.82, 2.24) is 10.3 Å². The summed E-state index contributed by atoms with van der Waals surface area (Å²) in [5.74, 6) is 3.89. The lowest BCUT2D eigenvalue weighted by molar-refractivity contribution is -0.128. The lowest BCUT2D eigenvalue weighted by Crippen LogP contribution is -2.55. The van der Waals surface area contributed by atoms with Crippen LogP contribution in [0.1, 0.15) is 63.9 Å². The summed E-state index contributed by atoms with van der Waals surface area (Å²) in [6, 6.07) is 9.40. The molecule has 5 aliphatic rings. The van der Waals surface area contributed by atoms with Crippen LogP contribution in [0.3, 0.4) is 0 Å². The fourth-order valence-electron chi connectivity index (χ4n) is 7.73. The molecule has 190 valence electrons. The second-order valence-electron chi connectivity index (χ2n) is 11.4. The summed E-state index contributed by atoms with van der Waals surface area (Å²) in [6.07, 6.45) is 9.86. The van der Waals surface area contributed by atoms with Crippen molar-refractivity contribution >= 4 is 17.5 Å². The molecule has 4 fully saturated rings. The van der Waals surface area contributed by atoms with Crippen molar-refractivity contribution in [3.63, 3.8) is 0 Å². The van der Waals surface area contributed by atoms with Crippen molar-refractivity contribution < 1.29 is 19.1 Å². The highest BCUT2D eigenvalue weighted by atomic mass is 16.5. The summed E-state index contributed by atoms with van der Waals surface area (Å²) in [6.45, 7) is 2.51. The number of rotatable bonds is 6. The summed E-state index contributed by atoms with van der Waals surface area (Å²) in [5.41, 5.74) is 1.69. The van der Waals surface area contributed by atoms with Crippen LogP contribution in [0.2, 0.25) is 0 Å². The van der Waals surface area contributed by atoms with Gasteiger partial charge in [0.1, 0.15) is 5.69 Å². The van der Waals surface area contributed by atoms with Crippen molar-refractivity contribution in [2.75, 3.05) is 12.0 Å². The summed E-state index contributed by atoms with van der Waals surface area (Å²) in [5, 5.41) is 3.29. The maximum Gasteiger partial charge on any atom is 0.243 e. The first-order chi connectivity index (χ1) is 17.4. The molecule has 7 nitrogen and oxygen atoms in total. The SMILES string of the molecule is COc1cccc2c1Oc1ncccc1N(C(=O)CCC(=O)N[C@@H](C)C13CC4CC(CC(C4)C1)C3)C2. The monoisotopic (exact) mass is 489 g/mol. The number of aromatic nitrogens is 1. The number of para-hydroxylation sites is 1. The predicted molar refractivity (Wildman–Crippen MR) is 136 cm³/mol. The number of pyridine rings is 1. The van der Waals surface area contributed by atoms with Gasteiger partial charge in [0.05, 0.1) is 13.7 Å². The highest BCUT2D eigenvalue weighted by Crippen LogP contribution is 2.61. The first kappa shape index (κ1) is 23.3. The van der Waals surface area contributed by atoms with Gasteiger partial charge in [-0.05, 0) is 86.8 Å². The number of amides is 2. The van der Waals surface area contributed by atoms with Crippen molar-refractivity contribution in [3.8, 4) is 17.4 Å². The number of nitrogens with zero attached hydrogens (tertiary/aromatic N) is 2. The summed E-state index contributed by atoms with van der Waals surface area (Å²) >= 11 is 0. The van der Waals surface area contributed by atoms with Gasteiger partial charge >= 0.3 is 0 Å². The van der Waals surface area contributed by atoms with Crippen LogP contribution in [0.15, 0.2) is 36.5 Å². The minimum absolute atomic E-state index is 0.0360. The zero-order valence-electron chi connectivity index (χ0n) is 21.2. The zero-order chi connectivity index (χ0) is 24.9. The molecule has 4 bridgehead atoms. The Labute approximate surface area is 212 Å². The van der Waals surface area contributed by atoms with Crippen molar-refractivity contribution in [2.45, 2.75) is 70.9 Å². The third kappa shape index (κ3) is 4.12. The lowest BCUT2D eigenvalue weighted by Gasteiger charge is -2.59. The summed E-state index contributed by atoms with van der Waals surface area (Å²) in [7, 11) is 1.59. The molecule has 4 aliphatic carbocycles. The molecule has 1 N–H and O–H groups in total. The minimum atomic E-state index is -0.124. The van der Waals surface area contributed by atoms with Crippen LogP contribution in [-0.4, -0.2) is 29.9 Å². The van der Waals surface area contributed by atoms with Gasteiger partial charge in [0.15, 0.2) is 11.5 Å². The molecule has 0 radical (unpaired) electrons. The minimum Gasteiger partial charge on any atom is -0.493 e. The molecule has 0 spiro atoms. The van der Waals surface area contributed by atoms with Crippen molar-refractivity contribution in [3.05, 3.63) is 42.1 Å². The Morgan fingerprint density at radius 1 is 1.11 bits per heavy atom. The first-order valence-corrected chi connectivity index (χ1v) is 13.3. The first-order valence-electron chi connectivity index (χ1n) is 13.3. The lowest BCUT2D eigenvalue weighted by atomic mass is 9.48. The Bertz CT molecular complexity index is 1140. The highest BCUT2D eigenvalue weighted by Gasteiger charge is 2.53. The molecule has 7 heteroatoms. The van der Waals surface area contributed by atoms with E-state index in [4.69, 9.17) is 9.47 Å². The van der Waals surface area contributed by atoms with Crippen LogP contribution in [0.4, 0.5) is 5.69 Å². The van der Waals surface area contributed by atoms with Gasteiger partial charge in [0, 0.05) is 30.6 Å². The molecule has 4 saturated carbocycles. The standard InChI is InChI=1S/C29H35N3O4/c1-18(29-14-19-11-20(15-29)13-21(12-19)16-29)31-25(33)8-9-26(34)32-17-22-5-3-7-24(35-2)27(22)36-28-23(32)6-4-10-30-28/h3-7,10,18-21H,8-9,11-17H2,1-2H3,(H,31,33)/t18-,19?,20?,21?,29?/m0/s1. The molecule has 2 aromatic rings. The molecule has 1 aliphatic heterocycles. The molecule has 2 amide bonds. The third-order valence-electron chi connectivity index (χ3n) is 9.10. The third-order valence-corrected chi connectivity index (χ3v) is 9.10. The normalized spacial score (nSPS) is 28.4. The van der Waals surface area contributed by atoms with E-state index >= 15 is 0 Å². The molecule has 1 aromatic carbocycles. The number of fused-ring (bicyclic) bond motifs is 2. The number of carbonyl (C=O) groups excluding carboxylic acids is 2. The molecule has 0 saturated heterocycles. The van der Waals surface area contributed by atoms with E-state index in [1.165, 1.54) is 38.5 Å². The Morgan fingerprint density at radius 3 is 2.53 bits per heavy atom. The zero-order valence-corrected chi connectivity index (χ0v) is 21.2. The number of benzene rings is 1. The molecule has 1 atom stereocenters. The van der Waals surface area contributed by atoms with Crippen LogP contribution < -0.4 is 19.7 Å². The van der Waals surface area contributed by atoms with E-state index in [-0.39, 0.29) is 36.1 Å². The Balaban J connectivity index is 1.13. The summed E-state index contributed by atoms with van der Waals surface area (Å²) in [4.78, 5) is 32.4. The molecule has 1 aromatic heterocycles. The average molecular weight is 490 g/mol. The largest absolute Gasteiger partial charge is 0.493 e. The van der Waals surface area contributed by atoms with E-state index in [0.29, 0.717) is 29.6 Å². The van der Waals surface area contributed by atoms with Gasteiger partial charge in [-0.3, -0.25) is 9.59 Å². The van der Waals surface area contributed by atoms with Crippen LogP contribution in [0, 0.1) is 23.2 Å². The number of carbonyl (C=O) groups is 2. The number of hydrogen-bond acceptors (Lipinski definition) is 5. The Morgan fingerprint density at radius 2 is 1.83 bits per heavy atom. The molecule has 2 heterocycles. The highest BCUT2D eigenvalue weighted by molar-refractivity contribution is 5.96. The summed E-state index contributed by atoms with van der Waals surface area (Å²) < 4.78 is 11.6. The van der Waals surface area contributed by atoms with Crippen LogP contribution in [0.25, 0.3) is 0 Å². The quantitative estimate of drug-likeness (QED) is 0.601. The molecule has 36 heavy (non-hydrogen) atoms. The topological polar surface area (TPSA) is 80.8 Å². The molecule has 0 unspecified atom stereocenters. The van der Waals surface area contributed by atoms with Gasteiger partial charge in [0.2, 0.25) is 17.7 Å². The van der Waals surface area contributed by atoms with Crippen molar-refractivity contribution in [1.29, 1.82) is 0 Å². The van der Waals surface area contributed by atoms with E-state index in [1.54, 1.807) is 24.3 Å². The van der Waals surface area contributed by atoms with E-state index in [9.17, 15) is 9.59 Å². The second-order valence-corrected chi connectivity index (χ2v) is 11.4. The van der Waals surface area contributed by atoms with E-state index in [0.717, 1.165) is 23.3 Å². The van der Waals surface area contributed by atoms with Gasteiger partial charge in [-0.15, -0.1) is 0 Å². The van der Waals surface area contributed by atoms with Gasteiger partial charge in [-0.1, -0.05) is 12.1 Å². The molecular weight excluding hydrogens is 454 g/mol. The van der Waals surface area contributed by atoms with Gasteiger partial charge < -0.3 is 19.7 Å². The maximum absolute atomic E-state index is 13.4.